The molecule has 1 fully saturated rings. The lowest BCUT2D eigenvalue weighted by atomic mass is 9.89. The molecule has 1 aliphatic carbocycles. The summed E-state index contributed by atoms with van der Waals surface area (Å²) in [4.78, 5) is 25.8. The van der Waals surface area contributed by atoms with Gasteiger partial charge in [-0.1, -0.05) is 67.4 Å². The summed E-state index contributed by atoms with van der Waals surface area (Å²) >= 11 is 0. The predicted octanol–water partition coefficient (Wildman–Crippen LogP) is 4.55. The number of aliphatic hydroxyl groups is 2. The van der Waals surface area contributed by atoms with Gasteiger partial charge in [-0.25, -0.2) is 17.9 Å². The van der Waals surface area contributed by atoms with Gasteiger partial charge in [0, 0.05) is 12.2 Å². The van der Waals surface area contributed by atoms with Gasteiger partial charge in [0.05, 0.1) is 24.9 Å². The molecule has 10 nitrogen and oxygen atoms in total. The van der Waals surface area contributed by atoms with Crippen LogP contribution in [0.5, 0.6) is 5.75 Å². The molecule has 3 aromatic carbocycles. The molecule has 4 rings (SSSR count). The fraction of sp³-hybridized carbons (Fsp3) is 0.375. The number of rotatable bonds is 14. The van der Waals surface area contributed by atoms with E-state index in [0.717, 1.165) is 47.3 Å². The van der Waals surface area contributed by atoms with Gasteiger partial charge >= 0.3 is 6.09 Å². The average molecular weight is 611 g/mol. The number of hydrogen-bond acceptors (Lipinski definition) is 7. The zero-order chi connectivity index (χ0) is 30.8. The van der Waals surface area contributed by atoms with E-state index in [4.69, 9.17) is 9.84 Å². The van der Waals surface area contributed by atoms with E-state index in [1.807, 2.05) is 24.3 Å². The molecule has 0 aromatic heterocycles. The van der Waals surface area contributed by atoms with Crippen LogP contribution in [0.25, 0.3) is 11.1 Å². The van der Waals surface area contributed by atoms with Crippen molar-refractivity contribution < 1.29 is 38.1 Å². The van der Waals surface area contributed by atoms with E-state index in [9.17, 15) is 28.2 Å². The van der Waals surface area contributed by atoms with Gasteiger partial charge in [-0.15, -0.1) is 0 Å². The predicted molar refractivity (Wildman–Crippen MR) is 163 cm³/mol. The minimum atomic E-state index is -3.86. The van der Waals surface area contributed by atoms with Crippen LogP contribution in [0.3, 0.4) is 0 Å². The monoisotopic (exact) mass is 610 g/mol. The molecule has 0 unspecified atom stereocenters. The number of nitrogens with one attached hydrogen (secondary N) is 1. The van der Waals surface area contributed by atoms with Crippen molar-refractivity contribution in [2.45, 2.75) is 44.1 Å². The highest BCUT2D eigenvalue weighted by atomic mass is 32.2. The first-order chi connectivity index (χ1) is 20.7. The van der Waals surface area contributed by atoms with Crippen molar-refractivity contribution in [2.24, 2.45) is 0 Å². The number of carbonyl (C=O) groups is 2. The number of amides is 2. The number of ether oxygens (including phenoxy) is 1. The Kier molecular flexibility index (Phi) is 11.2. The van der Waals surface area contributed by atoms with Gasteiger partial charge in [-0.3, -0.25) is 4.79 Å². The molecule has 1 atom stereocenters. The molecular weight excluding hydrogens is 572 g/mol. The molecule has 0 aliphatic heterocycles. The highest BCUT2D eigenvalue weighted by Crippen LogP contribution is 2.38. The highest BCUT2D eigenvalue weighted by Gasteiger charge is 2.25. The van der Waals surface area contributed by atoms with E-state index in [1.54, 1.807) is 48.5 Å². The zero-order valence-corrected chi connectivity index (χ0v) is 24.7. The van der Waals surface area contributed by atoms with Crippen LogP contribution in [-0.4, -0.2) is 72.7 Å². The molecule has 1 saturated carbocycles. The Morgan fingerprint density at radius 1 is 0.977 bits per heavy atom. The Bertz CT molecular complexity index is 1470. The van der Waals surface area contributed by atoms with Gasteiger partial charge < -0.3 is 25.0 Å². The highest BCUT2D eigenvalue weighted by molar-refractivity contribution is 7.90. The third kappa shape index (κ3) is 9.03. The van der Waals surface area contributed by atoms with E-state index in [0.29, 0.717) is 16.9 Å². The third-order valence-electron chi connectivity index (χ3n) is 7.58. The minimum Gasteiger partial charge on any atom is -0.492 e. The van der Waals surface area contributed by atoms with Gasteiger partial charge in [0.1, 0.15) is 12.4 Å². The molecule has 2 amide bonds. The van der Waals surface area contributed by atoms with Crippen molar-refractivity contribution in [1.82, 2.24) is 9.62 Å². The van der Waals surface area contributed by atoms with Gasteiger partial charge in [0.25, 0.3) is 5.91 Å². The standard InChI is InChI=1S/C32H38N2O8S/c35-18-6-20-43(40,41)33-31(37)28-16-13-26(21-29(28)24-7-4-5-8-24)23-11-14-27(15-12-23)42-19-17-34(32(38)39)22-30(36)25-9-2-1-3-10-25/h1-3,9-16,21,24,30,35-36H,4-8,17-20,22H2,(H,33,37)(H,38,39)/t30-/m0/s1. The Hall–Kier alpha value is -3.93. The van der Waals surface area contributed by atoms with E-state index in [-0.39, 0.29) is 44.4 Å². The quantitative estimate of drug-likeness (QED) is 0.207. The summed E-state index contributed by atoms with van der Waals surface area (Å²) in [5, 5.41) is 28.9. The number of sulfonamides is 1. The Morgan fingerprint density at radius 3 is 2.30 bits per heavy atom. The Morgan fingerprint density at radius 2 is 1.65 bits per heavy atom. The van der Waals surface area contributed by atoms with Gasteiger partial charge in [-0.2, -0.15) is 0 Å². The summed E-state index contributed by atoms with van der Waals surface area (Å²) in [5.41, 5.74) is 3.55. The number of aliphatic hydroxyl groups excluding tert-OH is 2. The van der Waals surface area contributed by atoms with E-state index in [1.165, 1.54) is 0 Å². The Labute approximate surface area is 252 Å². The number of carbonyl (C=O) groups excluding carboxylic acids is 1. The SMILES string of the molecule is O=C(NS(=O)(=O)CCCO)c1ccc(-c2ccc(OCCN(C[C@H](O)c3ccccc3)C(=O)O)cc2)cc1C1CCCC1. The van der Waals surface area contributed by atoms with Crippen molar-refractivity contribution in [2.75, 3.05) is 32.1 Å². The second-order valence-electron chi connectivity index (χ2n) is 10.6. The van der Waals surface area contributed by atoms with Crippen molar-refractivity contribution >= 4 is 22.0 Å². The summed E-state index contributed by atoms with van der Waals surface area (Å²) in [5.74, 6) is -0.287. The van der Waals surface area contributed by atoms with Crippen LogP contribution in [0.2, 0.25) is 0 Å². The molecule has 0 radical (unpaired) electrons. The summed E-state index contributed by atoms with van der Waals surface area (Å²) in [7, 11) is -3.86. The summed E-state index contributed by atoms with van der Waals surface area (Å²) in [6, 6.07) is 21.6. The molecule has 0 heterocycles. The number of nitrogens with zero attached hydrogens (tertiary/aromatic N) is 1. The number of benzene rings is 3. The van der Waals surface area contributed by atoms with Crippen molar-refractivity contribution in [3.63, 3.8) is 0 Å². The maximum absolute atomic E-state index is 13.0. The molecule has 3 aromatic rings. The molecule has 0 spiro atoms. The lowest BCUT2D eigenvalue weighted by Crippen LogP contribution is -2.36. The molecular formula is C32H38N2O8S. The smallest absolute Gasteiger partial charge is 0.407 e. The first-order valence-corrected chi connectivity index (χ1v) is 16.1. The third-order valence-corrected chi connectivity index (χ3v) is 8.90. The molecule has 4 N–H and O–H groups in total. The lowest BCUT2D eigenvalue weighted by Gasteiger charge is -2.22. The normalized spacial score (nSPS) is 14.3. The zero-order valence-electron chi connectivity index (χ0n) is 23.9. The van der Waals surface area contributed by atoms with E-state index in [2.05, 4.69) is 4.72 Å². The fourth-order valence-corrected chi connectivity index (χ4v) is 6.30. The second-order valence-corrected chi connectivity index (χ2v) is 12.5. The van der Waals surface area contributed by atoms with Gasteiger partial charge in [0.2, 0.25) is 10.0 Å². The number of hydrogen-bond donors (Lipinski definition) is 4. The second kappa shape index (κ2) is 15.0. The lowest BCUT2D eigenvalue weighted by molar-refractivity contribution is 0.0894. The van der Waals surface area contributed by atoms with Crippen molar-refractivity contribution in [3.05, 3.63) is 89.5 Å². The van der Waals surface area contributed by atoms with Crippen LogP contribution in [-0.2, 0) is 10.0 Å². The van der Waals surface area contributed by atoms with Crippen molar-refractivity contribution in [1.29, 1.82) is 0 Å². The molecule has 0 saturated heterocycles. The first-order valence-electron chi connectivity index (χ1n) is 14.4. The molecule has 11 heteroatoms. The van der Waals surface area contributed by atoms with Gasteiger partial charge in [0.15, 0.2) is 0 Å². The van der Waals surface area contributed by atoms with E-state index >= 15 is 0 Å². The maximum Gasteiger partial charge on any atom is 0.407 e. The molecule has 230 valence electrons. The van der Waals surface area contributed by atoms with Crippen LogP contribution >= 0.6 is 0 Å². The Balaban J connectivity index is 1.41. The largest absolute Gasteiger partial charge is 0.492 e. The van der Waals surface area contributed by atoms with Crippen LogP contribution < -0.4 is 9.46 Å². The van der Waals surface area contributed by atoms with Crippen molar-refractivity contribution in [3.8, 4) is 16.9 Å². The topological polar surface area (TPSA) is 153 Å². The average Bonchev–Trinajstić information content (AvgIpc) is 3.55. The first kappa shape index (κ1) is 32.0. The molecule has 1 aliphatic rings. The summed E-state index contributed by atoms with van der Waals surface area (Å²) in [6.45, 7) is -0.177. The van der Waals surface area contributed by atoms with Crippen LogP contribution in [0, 0.1) is 0 Å². The minimum absolute atomic E-state index is 0.0476. The van der Waals surface area contributed by atoms with Crippen LogP contribution in [0.4, 0.5) is 4.79 Å². The van der Waals surface area contributed by atoms with Gasteiger partial charge in [-0.05, 0) is 65.6 Å². The summed E-state index contributed by atoms with van der Waals surface area (Å²) in [6.07, 6.45) is 1.88. The maximum atomic E-state index is 13.0. The van der Waals surface area contributed by atoms with Crippen LogP contribution in [0.15, 0.2) is 72.8 Å². The molecule has 43 heavy (non-hydrogen) atoms. The van der Waals surface area contributed by atoms with E-state index < -0.39 is 28.1 Å². The number of carboxylic acid groups (broad SMARTS) is 1. The van der Waals surface area contributed by atoms with Crippen LogP contribution in [0.1, 0.15) is 65.6 Å². The molecule has 0 bridgehead atoms. The summed E-state index contributed by atoms with van der Waals surface area (Å²) < 4.78 is 32.5. The fourth-order valence-electron chi connectivity index (χ4n) is 5.30.